The zero-order valence-electron chi connectivity index (χ0n) is 31.1. The molecule has 0 fully saturated rings. The van der Waals surface area contributed by atoms with Crippen LogP contribution in [0.25, 0.3) is 60.9 Å². The number of aryl methyl sites for hydroxylation is 1. The highest BCUT2D eigenvalue weighted by Gasteiger charge is 2.36. The lowest BCUT2D eigenvalue weighted by Crippen LogP contribution is -2.14. The van der Waals surface area contributed by atoms with E-state index in [2.05, 4.69) is 201 Å². The van der Waals surface area contributed by atoms with Crippen molar-refractivity contribution >= 4 is 21.8 Å². The van der Waals surface area contributed by atoms with E-state index in [0.717, 1.165) is 6.42 Å². The molecule has 10 rings (SSSR count). The second-order valence-electron chi connectivity index (χ2n) is 15.1. The molecule has 0 spiro atoms. The first kappa shape index (κ1) is 33.4. The summed E-state index contributed by atoms with van der Waals surface area (Å²) in [6.45, 7) is 6.81. The summed E-state index contributed by atoms with van der Waals surface area (Å²) in [5.41, 5.74) is 18.1. The van der Waals surface area contributed by atoms with Crippen molar-refractivity contribution in [1.29, 1.82) is 0 Å². The van der Waals surface area contributed by atoms with E-state index in [0.29, 0.717) is 0 Å². The number of aromatic nitrogens is 1. The zero-order chi connectivity index (χ0) is 36.6. The quantitative estimate of drug-likeness (QED) is 0.169. The number of para-hydroxylation sites is 1. The van der Waals surface area contributed by atoms with Gasteiger partial charge in [0.2, 0.25) is 0 Å². The number of hydrogen-bond donors (Lipinski definition) is 0. The number of benzene rings is 8. The molecule has 8 aromatic carbocycles. The lowest BCUT2D eigenvalue weighted by atomic mass is 9.82. The number of hydrogen-bond acceptors (Lipinski definition) is 0. The molecule has 1 heterocycles. The number of nitrogens with zero attached hydrogens (tertiary/aromatic N) is 1. The molecular weight excluding hydrogens is 651 g/mol. The average Bonchev–Trinajstić information content (AvgIpc) is 3.66. The Morgan fingerprint density at radius 3 is 1.56 bits per heavy atom. The minimum absolute atomic E-state index is 0.0467. The summed E-state index contributed by atoms with van der Waals surface area (Å²) >= 11 is 0. The molecular formula is C53H43N. The minimum atomic E-state index is -0.0467. The summed E-state index contributed by atoms with van der Waals surface area (Å²) in [7, 11) is 0. The van der Waals surface area contributed by atoms with Crippen LogP contribution < -0.4 is 0 Å². The predicted octanol–water partition coefficient (Wildman–Crippen LogP) is 14.0. The fraction of sp³-hybridized carbons (Fsp3) is 0.0943. The van der Waals surface area contributed by atoms with Gasteiger partial charge in [0, 0.05) is 21.9 Å². The van der Waals surface area contributed by atoms with Gasteiger partial charge in [0.25, 0.3) is 0 Å². The first-order chi connectivity index (χ1) is 26.4. The molecule has 1 aliphatic rings. The summed E-state index contributed by atoms with van der Waals surface area (Å²) in [4.78, 5) is 0. The third-order valence-corrected chi connectivity index (χ3v) is 11.2. The number of rotatable bonds is 5. The van der Waals surface area contributed by atoms with Crippen molar-refractivity contribution < 1.29 is 0 Å². The van der Waals surface area contributed by atoms with Crippen molar-refractivity contribution in [3.05, 3.63) is 222 Å². The molecule has 0 unspecified atom stereocenters. The summed E-state index contributed by atoms with van der Waals surface area (Å²) in [6, 6.07) is 70.5. The van der Waals surface area contributed by atoms with E-state index >= 15 is 0 Å². The summed E-state index contributed by atoms with van der Waals surface area (Å²) < 4.78 is 2.44. The maximum atomic E-state index is 2.46. The van der Waals surface area contributed by atoms with Crippen molar-refractivity contribution in [2.75, 3.05) is 0 Å². The lowest BCUT2D eigenvalue weighted by molar-refractivity contribution is 0.661. The van der Waals surface area contributed by atoms with E-state index in [9.17, 15) is 0 Å². The van der Waals surface area contributed by atoms with Gasteiger partial charge in [0.05, 0.1) is 11.0 Å². The Morgan fingerprint density at radius 2 is 0.926 bits per heavy atom. The van der Waals surface area contributed by atoms with Gasteiger partial charge in [-0.05, 0) is 105 Å². The summed E-state index contributed by atoms with van der Waals surface area (Å²) in [5.74, 6) is 0. The van der Waals surface area contributed by atoms with E-state index in [1.807, 2.05) is 18.2 Å². The molecule has 0 aliphatic heterocycles. The van der Waals surface area contributed by atoms with Crippen LogP contribution in [0.2, 0.25) is 0 Å². The summed E-state index contributed by atoms with van der Waals surface area (Å²) in [5, 5.41) is 2.58. The van der Waals surface area contributed by atoms with Crippen LogP contribution in [-0.2, 0) is 11.8 Å². The van der Waals surface area contributed by atoms with Gasteiger partial charge in [-0.3, -0.25) is 0 Å². The highest BCUT2D eigenvalue weighted by Crippen LogP contribution is 2.51. The molecule has 1 aromatic heterocycles. The Balaban J connectivity index is 0.000000496. The van der Waals surface area contributed by atoms with Crippen LogP contribution in [0.1, 0.15) is 41.7 Å². The van der Waals surface area contributed by atoms with Crippen LogP contribution >= 0.6 is 0 Å². The smallest absolute Gasteiger partial charge is 0.0544 e. The van der Waals surface area contributed by atoms with Crippen molar-refractivity contribution in [2.45, 2.75) is 32.6 Å². The molecule has 1 heteroatoms. The molecule has 1 aliphatic carbocycles. The lowest BCUT2D eigenvalue weighted by Gasteiger charge is -2.21. The summed E-state index contributed by atoms with van der Waals surface area (Å²) in [6.07, 6.45) is 0.919. The molecule has 0 saturated carbocycles. The topological polar surface area (TPSA) is 4.93 Å². The maximum Gasteiger partial charge on any atom is 0.0544 e. The number of fused-ring (bicyclic) bond motifs is 6. The van der Waals surface area contributed by atoms with Crippen molar-refractivity contribution in [3.63, 3.8) is 0 Å². The first-order valence-electron chi connectivity index (χ1n) is 19.0. The Hall–Kier alpha value is -6.44. The van der Waals surface area contributed by atoms with Crippen LogP contribution in [-0.4, -0.2) is 4.57 Å². The average molecular weight is 694 g/mol. The van der Waals surface area contributed by atoms with Crippen LogP contribution in [0.15, 0.2) is 194 Å². The SMILES string of the molecule is CC1(C)c2ccccc2-c2cc3c4cc(-c5ccc(Cc6ccc(-c7ccccc7)cc6)cc5)ccc4n(-c4ccccc4)c3cc21.Cc1ccccc1. The molecule has 0 saturated heterocycles. The van der Waals surface area contributed by atoms with E-state index in [-0.39, 0.29) is 5.41 Å². The Bertz CT molecular complexity index is 2720. The highest BCUT2D eigenvalue weighted by molar-refractivity contribution is 6.12. The maximum absolute atomic E-state index is 2.46. The van der Waals surface area contributed by atoms with Gasteiger partial charge in [0.1, 0.15) is 0 Å². The van der Waals surface area contributed by atoms with E-state index in [4.69, 9.17) is 0 Å². The third-order valence-electron chi connectivity index (χ3n) is 11.2. The minimum Gasteiger partial charge on any atom is -0.309 e. The van der Waals surface area contributed by atoms with E-state index in [1.165, 1.54) is 88.7 Å². The Morgan fingerprint density at radius 1 is 0.407 bits per heavy atom. The molecule has 9 aromatic rings. The van der Waals surface area contributed by atoms with Gasteiger partial charge in [-0.15, -0.1) is 0 Å². The molecule has 0 radical (unpaired) electrons. The third kappa shape index (κ3) is 6.12. The Labute approximate surface area is 318 Å². The molecule has 260 valence electrons. The van der Waals surface area contributed by atoms with Crippen molar-refractivity contribution in [3.8, 4) is 39.1 Å². The second-order valence-corrected chi connectivity index (χ2v) is 15.1. The largest absolute Gasteiger partial charge is 0.309 e. The fourth-order valence-electron chi connectivity index (χ4n) is 8.28. The normalized spacial score (nSPS) is 12.6. The zero-order valence-corrected chi connectivity index (χ0v) is 31.1. The van der Waals surface area contributed by atoms with E-state index < -0.39 is 0 Å². The molecule has 0 bridgehead atoms. The van der Waals surface area contributed by atoms with Crippen molar-refractivity contribution in [1.82, 2.24) is 4.57 Å². The van der Waals surface area contributed by atoms with Gasteiger partial charge >= 0.3 is 0 Å². The highest BCUT2D eigenvalue weighted by atomic mass is 15.0. The predicted molar refractivity (Wildman–Crippen MR) is 230 cm³/mol. The van der Waals surface area contributed by atoms with Crippen LogP contribution in [0.3, 0.4) is 0 Å². The van der Waals surface area contributed by atoms with E-state index in [1.54, 1.807) is 0 Å². The molecule has 1 nitrogen and oxygen atoms in total. The molecule has 0 N–H and O–H groups in total. The standard InChI is InChI=1S/C46H35N.C7H8/c1-46(2)42-16-10-9-15-38(42)39-29-41-40-28-36(25-26-44(40)47(45(41)30-43(39)46)37-13-7-4-8-14-37)35-23-19-32(20-24-35)27-31-17-21-34(22-18-31)33-11-5-3-6-12-33;1-7-5-3-2-4-6-7/h3-26,28-30H,27H2,1-2H3;2-6H,1H3. The van der Waals surface area contributed by atoms with Crippen molar-refractivity contribution in [2.24, 2.45) is 0 Å². The molecule has 0 amide bonds. The monoisotopic (exact) mass is 693 g/mol. The second kappa shape index (κ2) is 13.8. The molecule has 0 atom stereocenters. The molecule has 54 heavy (non-hydrogen) atoms. The van der Waals surface area contributed by atoms with Gasteiger partial charge in [-0.2, -0.15) is 0 Å². The van der Waals surface area contributed by atoms with Gasteiger partial charge in [-0.1, -0.05) is 177 Å². The van der Waals surface area contributed by atoms with Crippen LogP contribution in [0.4, 0.5) is 0 Å². The van der Waals surface area contributed by atoms with Gasteiger partial charge < -0.3 is 4.57 Å². The van der Waals surface area contributed by atoms with Crippen LogP contribution in [0.5, 0.6) is 0 Å². The van der Waals surface area contributed by atoms with Crippen LogP contribution in [0, 0.1) is 6.92 Å². The van der Waals surface area contributed by atoms with Gasteiger partial charge in [-0.25, -0.2) is 0 Å². The fourth-order valence-corrected chi connectivity index (χ4v) is 8.28. The van der Waals surface area contributed by atoms with Gasteiger partial charge in [0.15, 0.2) is 0 Å². The first-order valence-corrected chi connectivity index (χ1v) is 19.0. The Kier molecular flexibility index (Phi) is 8.56.